The Morgan fingerprint density at radius 2 is 1.75 bits per heavy atom. The quantitative estimate of drug-likeness (QED) is 0.822. The van der Waals surface area contributed by atoms with Crippen molar-refractivity contribution in [1.82, 2.24) is 4.98 Å². The average Bonchev–Trinajstić information content (AvgIpc) is 2.59. The van der Waals surface area contributed by atoms with E-state index in [1.54, 1.807) is 6.08 Å². The summed E-state index contributed by atoms with van der Waals surface area (Å²) in [6, 6.07) is 18.0. The smallest absolute Gasteiger partial charge is 0.178 e. The zero-order valence-corrected chi connectivity index (χ0v) is 14.2. The molecule has 1 aliphatic rings. The van der Waals surface area contributed by atoms with Crippen LogP contribution < -0.4 is 0 Å². The minimum absolute atomic E-state index is 0.0818. The molecule has 1 aliphatic carbocycles. The molecule has 1 atom stereocenters. The van der Waals surface area contributed by atoms with E-state index in [9.17, 15) is 10.1 Å². The third-order valence-corrected chi connectivity index (χ3v) is 4.66. The highest BCUT2D eigenvalue weighted by Crippen LogP contribution is 2.44. The van der Waals surface area contributed by atoms with E-state index < -0.39 is 10.8 Å². The molecule has 3 nitrogen and oxygen atoms in total. The van der Waals surface area contributed by atoms with E-state index in [-0.39, 0.29) is 11.4 Å². The third kappa shape index (κ3) is 2.76. The maximum absolute atomic E-state index is 12.4. The maximum atomic E-state index is 12.4. The largest absolute Gasteiger partial charge is 0.293 e. The van der Waals surface area contributed by atoms with E-state index in [2.05, 4.69) is 13.0 Å². The molecule has 1 unspecified atom stereocenters. The molecule has 3 rings (SSSR count). The van der Waals surface area contributed by atoms with Crippen LogP contribution in [0.1, 0.15) is 32.9 Å². The van der Waals surface area contributed by atoms with E-state index in [0.717, 1.165) is 17.0 Å². The van der Waals surface area contributed by atoms with Crippen LogP contribution in [0.25, 0.3) is 11.3 Å². The summed E-state index contributed by atoms with van der Waals surface area (Å²) in [6.07, 6.45) is 2.42. The molecule has 24 heavy (non-hydrogen) atoms. The Hall–Kier alpha value is -2.73. The number of carbonyl (C=O) groups is 1. The SMILES string of the molecule is CC1(C)CC(C)(c2cccc(-c3ccccc3)n2)C=C(C#N)C1=O. The molecule has 0 bridgehead atoms. The monoisotopic (exact) mass is 316 g/mol. The summed E-state index contributed by atoms with van der Waals surface area (Å²) in [5.74, 6) is -0.0818. The van der Waals surface area contributed by atoms with Gasteiger partial charge in [-0.15, -0.1) is 0 Å². The second-order valence-electron chi connectivity index (χ2n) is 7.25. The normalized spacial score (nSPS) is 22.6. The number of benzene rings is 1. The van der Waals surface area contributed by atoms with Crippen molar-refractivity contribution >= 4 is 5.78 Å². The molecule has 1 aromatic heterocycles. The van der Waals surface area contributed by atoms with E-state index in [1.807, 2.05) is 62.4 Å². The molecule has 0 spiro atoms. The fourth-order valence-electron chi connectivity index (χ4n) is 3.57. The number of hydrogen-bond donors (Lipinski definition) is 0. The molecule has 120 valence electrons. The molecule has 0 radical (unpaired) electrons. The lowest BCUT2D eigenvalue weighted by Crippen LogP contribution is -2.39. The molecule has 0 fully saturated rings. The van der Waals surface area contributed by atoms with Crippen LogP contribution in [0.3, 0.4) is 0 Å². The number of pyridine rings is 1. The van der Waals surface area contributed by atoms with Crippen molar-refractivity contribution in [2.24, 2.45) is 5.41 Å². The fourth-order valence-corrected chi connectivity index (χ4v) is 3.57. The molecule has 0 N–H and O–H groups in total. The van der Waals surface area contributed by atoms with Gasteiger partial charge >= 0.3 is 0 Å². The minimum atomic E-state index is -0.570. The van der Waals surface area contributed by atoms with Gasteiger partial charge in [-0.05, 0) is 18.6 Å². The number of nitriles is 1. The van der Waals surface area contributed by atoms with E-state index in [4.69, 9.17) is 4.98 Å². The van der Waals surface area contributed by atoms with E-state index in [1.165, 1.54) is 0 Å². The Bertz CT molecular complexity index is 859. The lowest BCUT2D eigenvalue weighted by atomic mass is 9.64. The van der Waals surface area contributed by atoms with Gasteiger partial charge in [0.15, 0.2) is 5.78 Å². The summed E-state index contributed by atoms with van der Waals surface area (Å²) < 4.78 is 0. The van der Waals surface area contributed by atoms with Gasteiger partial charge in [-0.1, -0.05) is 63.2 Å². The fraction of sp³-hybridized carbons (Fsp3) is 0.286. The van der Waals surface area contributed by atoms with Crippen LogP contribution in [-0.2, 0) is 10.2 Å². The van der Waals surface area contributed by atoms with Gasteiger partial charge in [-0.2, -0.15) is 5.26 Å². The second-order valence-corrected chi connectivity index (χ2v) is 7.25. The van der Waals surface area contributed by atoms with Crippen LogP contribution in [0.4, 0.5) is 0 Å². The summed E-state index contributed by atoms with van der Waals surface area (Å²) in [4.78, 5) is 17.2. The summed E-state index contributed by atoms with van der Waals surface area (Å²) in [6.45, 7) is 5.85. The molecular weight excluding hydrogens is 296 g/mol. The predicted octanol–water partition coefficient (Wildman–Crippen LogP) is 4.46. The third-order valence-electron chi connectivity index (χ3n) is 4.66. The molecule has 0 amide bonds. The van der Waals surface area contributed by atoms with Crippen LogP contribution in [0.5, 0.6) is 0 Å². The molecule has 1 aromatic carbocycles. The van der Waals surface area contributed by atoms with Crippen molar-refractivity contribution in [2.45, 2.75) is 32.6 Å². The molecular formula is C21H20N2O. The highest BCUT2D eigenvalue weighted by Gasteiger charge is 2.44. The van der Waals surface area contributed by atoms with Gasteiger partial charge in [0, 0.05) is 16.4 Å². The Morgan fingerprint density at radius 1 is 1.04 bits per heavy atom. The standard InChI is InChI=1S/C21H20N2O/c1-20(2)14-21(3,12-16(13-22)19(20)24)18-11-7-10-17(23-18)15-8-5-4-6-9-15/h4-12H,14H2,1-3H3. The Labute approximate surface area is 142 Å². The highest BCUT2D eigenvalue weighted by atomic mass is 16.1. The Morgan fingerprint density at radius 3 is 2.42 bits per heavy atom. The zero-order chi connectivity index (χ0) is 17.4. The van der Waals surface area contributed by atoms with Gasteiger partial charge in [0.25, 0.3) is 0 Å². The number of hydrogen-bond acceptors (Lipinski definition) is 3. The Balaban J connectivity index is 2.10. The molecule has 3 heteroatoms. The summed E-state index contributed by atoms with van der Waals surface area (Å²) >= 11 is 0. The van der Waals surface area contributed by atoms with Crippen molar-refractivity contribution in [3.8, 4) is 17.3 Å². The van der Waals surface area contributed by atoms with Gasteiger partial charge < -0.3 is 0 Å². The van der Waals surface area contributed by atoms with Crippen molar-refractivity contribution in [2.75, 3.05) is 0 Å². The van der Waals surface area contributed by atoms with Crippen LogP contribution in [-0.4, -0.2) is 10.8 Å². The van der Waals surface area contributed by atoms with Crippen LogP contribution in [0, 0.1) is 16.7 Å². The summed E-state index contributed by atoms with van der Waals surface area (Å²) in [5, 5.41) is 9.35. The van der Waals surface area contributed by atoms with Crippen molar-refractivity contribution < 1.29 is 4.79 Å². The van der Waals surface area contributed by atoms with Crippen LogP contribution in [0.2, 0.25) is 0 Å². The van der Waals surface area contributed by atoms with E-state index in [0.29, 0.717) is 6.42 Å². The molecule has 0 saturated carbocycles. The van der Waals surface area contributed by atoms with Gasteiger partial charge in [-0.3, -0.25) is 9.78 Å². The number of allylic oxidation sites excluding steroid dienone is 2. The zero-order valence-electron chi connectivity index (χ0n) is 14.2. The number of Topliss-reactive ketones (excluding diaryl/α,β-unsaturated/α-hetero) is 1. The lowest BCUT2D eigenvalue weighted by Gasteiger charge is -2.38. The van der Waals surface area contributed by atoms with Crippen molar-refractivity contribution in [3.05, 3.63) is 65.9 Å². The topological polar surface area (TPSA) is 53.8 Å². The number of ketones is 1. The molecule has 2 aromatic rings. The average molecular weight is 316 g/mol. The number of aromatic nitrogens is 1. The van der Waals surface area contributed by atoms with Crippen molar-refractivity contribution in [1.29, 1.82) is 5.26 Å². The summed E-state index contributed by atoms with van der Waals surface area (Å²) in [7, 11) is 0. The lowest BCUT2D eigenvalue weighted by molar-refractivity contribution is -0.124. The number of nitrogens with zero attached hydrogens (tertiary/aromatic N) is 2. The molecule has 1 heterocycles. The predicted molar refractivity (Wildman–Crippen MR) is 94.1 cm³/mol. The van der Waals surface area contributed by atoms with Gasteiger partial charge in [0.2, 0.25) is 0 Å². The molecule has 0 saturated heterocycles. The van der Waals surface area contributed by atoms with Crippen LogP contribution >= 0.6 is 0 Å². The summed E-state index contributed by atoms with van der Waals surface area (Å²) in [5.41, 5.74) is 2.07. The minimum Gasteiger partial charge on any atom is -0.293 e. The van der Waals surface area contributed by atoms with E-state index >= 15 is 0 Å². The van der Waals surface area contributed by atoms with Gasteiger partial charge in [-0.25, -0.2) is 0 Å². The first-order valence-electron chi connectivity index (χ1n) is 8.06. The second kappa shape index (κ2) is 5.72. The van der Waals surface area contributed by atoms with Gasteiger partial charge in [0.05, 0.1) is 17.0 Å². The van der Waals surface area contributed by atoms with Crippen LogP contribution in [0.15, 0.2) is 60.2 Å². The first-order chi connectivity index (χ1) is 11.4. The highest BCUT2D eigenvalue weighted by molar-refractivity contribution is 6.04. The Kier molecular flexibility index (Phi) is 3.85. The van der Waals surface area contributed by atoms with Crippen molar-refractivity contribution in [3.63, 3.8) is 0 Å². The molecule has 0 aliphatic heterocycles. The number of rotatable bonds is 2. The number of carbonyl (C=O) groups excluding carboxylic acids is 1. The van der Waals surface area contributed by atoms with Gasteiger partial charge in [0.1, 0.15) is 6.07 Å². The first kappa shape index (κ1) is 16.1. The first-order valence-corrected chi connectivity index (χ1v) is 8.06. The maximum Gasteiger partial charge on any atom is 0.178 e.